The maximum absolute atomic E-state index is 11.6. The van der Waals surface area contributed by atoms with Crippen LogP contribution in [-0.4, -0.2) is 11.1 Å². The number of carboxylic acids is 1. The summed E-state index contributed by atoms with van der Waals surface area (Å²) < 4.78 is 11.6. The summed E-state index contributed by atoms with van der Waals surface area (Å²) in [6.07, 6.45) is 0. The molecule has 0 unspecified atom stereocenters. The molecule has 0 radical (unpaired) electrons. The molecule has 0 heterocycles. The van der Waals surface area contributed by atoms with Crippen LogP contribution < -0.4 is 32.4 Å². The van der Waals surface area contributed by atoms with Crippen molar-refractivity contribution >= 4 is 28.7 Å². The number of rotatable bonds is 7. The molecule has 3 aromatic carbocycles. The van der Waals surface area contributed by atoms with E-state index in [0.717, 1.165) is 5.56 Å². The molecule has 0 amide bonds. The van der Waals surface area contributed by atoms with Crippen molar-refractivity contribution in [3.63, 3.8) is 0 Å². The quantitative estimate of drug-likeness (QED) is 0.382. The average molecular weight is 394 g/mol. The fraction of sp³-hybridized carbons (Fsp3) is 0.0952. The predicted octanol–water partition coefficient (Wildman–Crippen LogP) is 2.87. The zero-order valence-electron chi connectivity index (χ0n) is 15.6. The normalized spacial score (nSPS) is 10.5. The molecule has 8 nitrogen and oxygen atoms in total. The number of anilines is 4. The summed E-state index contributed by atoms with van der Waals surface area (Å²) in [4.78, 5) is 11.6. The van der Waals surface area contributed by atoms with Crippen LogP contribution in [0.15, 0.2) is 54.6 Å². The zero-order valence-corrected chi connectivity index (χ0v) is 15.6. The number of hydrogen-bond acceptors (Lipinski definition) is 7. The van der Waals surface area contributed by atoms with Crippen molar-refractivity contribution in [1.29, 1.82) is 0 Å². The van der Waals surface area contributed by atoms with E-state index in [1.807, 2.05) is 0 Å². The SMILES string of the molecule is Nc1cc(N)cc(COc2cccc(C(=O)O)c2OCc2cc(N)cc(N)c2)c1. The van der Waals surface area contributed by atoms with Gasteiger partial charge in [-0.15, -0.1) is 0 Å². The second-order valence-electron chi connectivity index (χ2n) is 6.53. The molecule has 0 aromatic heterocycles. The van der Waals surface area contributed by atoms with Gasteiger partial charge in [-0.05, 0) is 59.7 Å². The monoisotopic (exact) mass is 394 g/mol. The van der Waals surface area contributed by atoms with E-state index >= 15 is 0 Å². The lowest BCUT2D eigenvalue weighted by Gasteiger charge is -2.16. The Bertz CT molecular complexity index is 1010. The number of benzene rings is 3. The summed E-state index contributed by atoms with van der Waals surface area (Å²) in [6.45, 7) is 0.209. The van der Waals surface area contributed by atoms with Gasteiger partial charge in [-0.25, -0.2) is 4.79 Å². The van der Waals surface area contributed by atoms with Crippen LogP contribution in [0.2, 0.25) is 0 Å². The van der Waals surface area contributed by atoms with Crippen molar-refractivity contribution in [2.24, 2.45) is 0 Å². The van der Waals surface area contributed by atoms with E-state index in [2.05, 4.69) is 0 Å². The van der Waals surface area contributed by atoms with Crippen molar-refractivity contribution in [2.45, 2.75) is 13.2 Å². The first-order valence-electron chi connectivity index (χ1n) is 8.73. The van der Waals surface area contributed by atoms with Crippen LogP contribution in [0.1, 0.15) is 21.5 Å². The van der Waals surface area contributed by atoms with Gasteiger partial charge in [0.2, 0.25) is 0 Å². The summed E-state index contributed by atoms with van der Waals surface area (Å²) >= 11 is 0. The number of para-hydroxylation sites is 1. The molecule has 0 fully saturated rings. The van der Waals surface area contributed by atoms with Crippen LogP contribution >= 0.6 is 0 Å². The zero-order chi connectivity index (χ0) is 21.0. The lowest BCUT2D eigenvalue weighted by atomic mass is 10.1. The second-order valence-corrected chi connectivity index (χ2v) is 6.53. The highest BCUT2D eigenvalue weighted by molar-refractivity contribution is 5.92. The van der Waals surface area contributed by atoms with E-state index in [4.69, 9.17) is 32.4 Å². The largest absolute Gasteiger partial charge is 0.485 e. The van der Waals surface area contributed by atoms with Gasteiger partial charge >= 0.3 is 5.97 Å². The van der Waals surface area contributed by atoms with Crippen LogP contribution in [0, 0.1) is 0 Å². The Morgan fingerprint density at radius 2 is 1.24 bits per heavy atom. The Labute approximate surface area is 167 Å². The molecule has 0 aliphatic heterocycles. The molecule has 8 heteroatoms. The van der Waals surface area contributed by atoms with Crippen LogP contribution in [0.25, 0.3) is 0 Å². The Kier molecular flexibility index (Phi) is 5.64. The van der Waals surface area contributed by atoms with E-state index in [9.17, 15) is 9.90 Å². The first kappa shape index (κ1) is 19.7. The molecule has 0 aliphatic rings. The third-order valence-corrected chi connectivity index (χ3v) is 4.06. The van der Waals surface area contributed by atoms with E-state index < -0.39 is 5.97 Å². The topological polar surface area (TPSA) is 160 Å². The number of nitrogens with two attached hydrogens (primary N) is 4. The first-order valence-corrected chi connectivity index (χ1v) is 8.73. The number of carboxylic acid groups (broad SMARTS) is 1. The van der Waals surface area contributed by atoms with Gasteiger partial charge in [-0.1, -0.05) is 6.07 Å². The molecule has 29 heavy (non-hydrogen) atoms. The summed E-state index contributed by atoms with van der Waals surface area (Å²) in [5, 5.41) is 9.52. The number of nitrogen functional groups attached to an aromatic ring is 4. The smallest absolute Gasteiger partial charge is 0.339 e. The number of ether oxygens (including phenoxy) is 2. The lowest BCUT2D eigenvalue weighted by Crippen LogP contribution is -2.07. The van der Waals surface area contributed by atoms with Crippen molar-refractivity contribution in [2.75, 3.05) is 22.9 Å². The minimum absolute atomic E-state index is 0.0218. The molecular formula is C21H22N4O4. The number of aromatic carboxylic acids is 1. The molecule has 0 spiro atoms. The molecular weight excluding hydrogens is 372 g/mol. The highest BCUT2D eigenvalue weighted by Crippen LogP contribution is 2.33. The van der Waals surface area contributed by atoms with Crippen molar-refractivity contribution in [3.05, 3.63) is 71.3 Å². The molecule has 3 rings (SSSR count). The third-order valence-electron chi connectivity index (χ3n) is 4.06. The van der Waals surface area contributed by atoms with Crippen LogP contribution in [0.4, 0.5) is 22.7 Å². The van der Waals surface area contributed by atoms with Gasteiger partial charge in [-0.3, -0.25) is 0 Å². The third kappa shape index (κ3) is 5.01. The first-order chi connectivity index (χ1) is 13.8. The van der Waals surface area contributed by atoms with Crippen LogP contribution in [0.5, 0.6) is 11.5 Å². The molecule has 0 saturated heterocycles. The van der Waals surface area contributed by atoms with Crippen molar-refractivity contribution in [1.82, 2.24) is 0 Å². The Balaban J connectivity index is 1.85. The van der Waals surface area contributed by atoms with E-state index in [1.54, 1.807) is 48.5 Å². The summed E-state index contributed by atoms with van der Waals surface area (Å²) in [5.74, 6) is -0.744. The second kappa shape index (κ2) is 8.30. The number of hydrogen-bond donors (Lipinski definition) is 5. The summed E-state index contributed by atoms with van der Waals surface area (Å²) in [7, 11) is 0. The highest BCUT2D eigenvalue weighted by Gasteiger charge is 2.17. The van der Waals surface area contributed by atoms with Gasteiger partial charge in [0, 0.05) is 22.7 Å². The maximum Gasteiger partial charge on any atom is 0.339 e. The van der Waals surface area contributed by atoms with Gasteiger partial charge < -0.3 is 37.5 Å². The predicted molar refractivity (Wildman–Crippen MR) is 113 cm³/mol. The minimum Gasteiger partial charge on any atom is -0.485 e. The molecule has 9 N–H and O–H groups in total. The van der Waals surface area contributed by atoms with Gasteiger partial charge in [0.05, 0.1) is 0 Å². The molecule has 0 aliphatic carbocycles. The standard InChI is InChI=1S/C21H22N4O4/c22-14-4-12(5-15(23)8-14)10-28-19-3-1-2-18(21(26)27)20(19)29-11-13-6-16(24)9-17(25)7-13/h1-9H,10-11,22-25H2,(H,26,27). The van der Waals surface area contributed by atoms with Gasteiger partial charge in [0.1, 0.15) is 18.8 Å². The fourth-order valence-corrected chi connectivity index (χ4v) is 2.92. The van der Waals surface area contributed by atoms with Gasteiger partial charge in [0.25, 0.3) is 0 Å². The highest BCUT2D eigenvalue weighted by atomic mass is 16.5. The minimum atomic E-state index is -1.13. The Morgan fingerprint density at radius 1 is 0.759 bits per heavy atom. The molecule has 3 aromatic rings. The number of carbonyl (C=O) groups is 1. The average Bonchev–Trinajstić information content (AvgIpc) is 2.63. The molecule has 0 bridgehead atoms. The van der Waals surface area contributed by atoms with Gasteiger partial charge in [-0.2, -0.15) is 0 Å². The fourth-order valence-electron chi connectivity index (χ4n) is 2.92. The van der Waals surface area contributed by atoms with Crippen molar-refractivity contribution in [3.8, 4) is 11.5 Å². The summed E-state index contributed by atoms with van der Waals surface area (Å²) in [6, 6.07) is 14.8. The Morgan fingerprint density at radius 3 is 1.72 bits per heavy atom. The molecule has 0 atom stereocenters. The lowest BCUT2D eigenvalue weighted by molar-refractivity contribution is 0.0690. The van der Waals surface area contributed by atoms with E-state index in [0.29, 0.717) is 28.3 Å². The maximum atomic E-state index is 11.6. The van der Waals surface area contributed by atoms with Gasteiger partial charge in [0.15, 0.2) is 11.5 Å². The van der Waals surface area contributed by atoms with E-state index in [-0.39, 0.29) is 30.3 Å². The van der Waals surface area contributed by atoms with Crippen molar-refractivity contribution < 1.29 is 19.4 Å². The van der Waals surface area contributed by atoms with Crippen LogP contribution in [0.3, 0.4) is 0 Å². The summed E-state index contributed by atoms with van der Waals surface area (Å²) in [5.41, 5.74) is 26.6. The Hall–Kier alpha value is -4.07. The molecule has 150 valence electrons. The molecule has 0 saturated carbocycles. The van der Waals surface area contributed by atoms with Crippen LogP contribution in [-0.2, 0) is 13.2 Å². The van der Waals surface area contributed by atoms with E-state index in [1.165, 1.54) is 6.07 Å².